The fraction of sp³-hybridized carbons (Fsp3) is 0.323. The molecular weight excluding hydrogens is 464 g/mol. The number of anilines is 2. The summed E-state index contributed by atoms with van der Waals surface area (Å²) in [5, 5.41) is 7.25. The number of ether oxygens (including phenoxy) is 3. The minimum Gasteiger partial charge on any atom is -0.493 e. The highest BCUT2D eigenvalue weighted by Gasteiger charge is 2.36. The van der Waals surface area contributed by atoms with E-state index in [4.69, 9.17) is 14.2 Å². The summed E-state index contributed by atoms with van der Waals surface area (Å²) in [4.78, 5) is 13.8. The molecule has 3 aromatic rings. The maximum absolute atomic E-state index is 13.8. The van der Waals surface area contributed by atoms with E-state index in [0.717, 1.165) is 45.9 Å². The van der Waals surface area contributed by atoms with Crippen LogP contribution < -0.4 is 24.8 Å². The van der Waals surface area contributed by atoms with E-state index < -0.39 is 0 Å². The summed E-state index contributed by atoms with van der Waals surface area (Å²) in [6, 6.07) is 21.9. The first-order valence-electron chi connectivity index (χ1n) is 12.8. The fourth-order valence-corrected chi connectivity index (χ4v) is 5.10. The predicted molar refractivity (Wildman–Crippen MR) is 147 cm³/mol. The van der Waals surface area contributed by atoms with Crippen LogP contribution in [0.3, 0.4) is 0 Å². The molecule has 0 radical (unpaired) electrons. The second-order valence-corrected chi connectivity index (χ2v) is 10.1. The first-order valence-corrected chi connectivity index (χ1v) is 12.8. The Morgan fingerprint density at radius 2 is 1.57 bits per heavy atom. The first kappa shape index (κ1) is 24.8. The van der Waals surface area contributed by atoms with Crippen LogP contribution in [0.15, 0.2) is 78.0 Å². The molecule has 0 saturated carbocycles. The van der Waals surface area contributed by atoms with E-state index in [-0.39, 0.29) is 17.7 Å². The lowest BCUT2D eigenvalue weighted by Gasteiger charge is -2.30. The SMILES string of the molecule is COc1ccc(C2CC(=O)C3=C(C2)Nc2ccccc2NC3c2ccc(OCC(C)C)cc2)cc1OC. The summed E-state index contributed by atoms with van der Waals surface area (Å²) in [6.07, 6.45) is 1.15. The number of rotatable bonds is 7. The second kappa shape index (κ2) is 10.6. The molecule has 0 saturated heterocycles. The van der Waals surface area contributed by atoms with Gasteiger partial charge >= 0.3 is 0 Å². The zero-order valence-electron chi connectivity index (χ0n) is 21.8. The lowest BCUT2D eigenvalue weighted by molar-refractivity contribution is -0.116. The van der Waals surface area contributed by atoms with Gasteiger partial charge in [-0.1, -0.05) is 44.2 Å². The van der Waals surface area contributed by atoms with Crippen molar-refractivity contribution in [2.45, 2.75) is 38.6 Å². The molecule has 0 amide bonds. The summed E-state index contributed by atoms with van der Waals surface area (Å²) in [7, 11) is 3.26. The number of nitrogens with one attached hydrogen (secondary N) is 2. The van der Waals surface area contributed by atoms with Gasteiger partial charge in [-0.2, -0.15) is 0 Å². The van der Waals surface area contributed by atoms with Crippen LogP contribution in [0.25, 0.3) is 0 Å². The highest BCUT2D eigenvalue weighted by atomic mass is 16.5. The Bertz CT molecular complexity index is 1310. The van der Waals surface area contributed by atoms with Crippen molar-refractivity contribution in [2.24, 2.45) is 5.92 Å². The molecule has 5 rings (SSSR count). The molecule has 0 spiro atoms. The number of ketones is 1. The van der Waals surface area contributed by atoms with E-state index in [2.05, 4.69) is 36.6 Å². The number of benzene rings is 3. The third-order valence-corrected chi connectivity index (χ3v) is 6.98. The Morgan fingerprint density at radius 1 is 0.865 bits per heavy atom. The summed E-state index contributed by atoms with van der Waals surface area (Å²) in [5.41, 5.74) is 5.78. The molecule has 192 valence electrons. The van der Waals surface area contributed by atoms with Gasteiger partial charge in [0.1, 0.15) is 5.75 Å². The van der Waals surface area contributed by atoms with E-state index in [1.807, 2.05) is 54.6 Å². The van der Waals surface area contributed by atoms with Crippen LogP contribution in [-0.4, -0.2) is 26.6 Å². The van der Waals surface area contributed by atoms with Crippen molar-refractivity contribution in [2.75, 3.05) is 31.5 Å². The third kappa shape index (κ3) is 5.15. The molecule has 1 heterocycles. The summed E-state index contributed by atoms with van der Waals surface area (Å²) < 4.78 is 16.8. The zero-order chi connectivity index (χ0) is 25.9. The van der Waals surface area contributed by atoms with Gasteiger partial charge in [-0.25, -0.2) is 0 Å². The summed E-state index contributed by atoms with van der Waals surface area (Å²) >= 11 is 0. The average Bonchev–Trinajstić information content (AvgIpc) is 3.08. The van der Waals surface area contributed by atoms with Crippen LogP contribution in [0, 0.1) is 5.92 Å². The van der Waals surface area contributed by atoms with Crippen LogP contribution >= 0.6 is 0 Å². The smallest absolute Gasteiger partial charge is 0.163 e. The molecule has 0 bridgehead atoms. The molecule has 6 nitrogen and oxygen atoms in total. The molecule has 0 aromatic heterocycles. The standard InChI is InChI=1S/C31H34N2O4/c1-19(2)18-37-23-12-9-20(10-13-23)31-30-26(32-24-7-5-6-8-25(24)33-31)15-22(16-27(30)34)21-11-14-28(35-3)29(17-21)36-4/h5-14,17,19,22,31-33H,15-16,18H2,1-4H3. The molecule has 2 atom stereocenters. The minimum absolute atomic E-state index is 0.0382. The Morgan fingerprint density at radius 3 is 2.27 bits per heavy atom. The van der Waals surface area contributed by atoms with E-state index in [0.29, 0.717) is 30.4 Å². The van der Waals surface area contributed by atoms with Crippen molar-refractivity contribution in [1.82, 2.24) is 0 Å². The monoisotopic (exact) mass is 498 g/mol. The van der Waals surface area contributed by atoms with Gasteiger partial charge in [0.05, 0.1) is 38.2 Å². The molecule has 1 aliphatic carbocycles. The van der Waals surface area contributed by atoms with Crippen LogP contribution in [-0.2, 0) is 4.79 Å². The van der Waals surface area contributed by atoms with Crippen LogP contribution in [0.1, 0.15) is 49.8 Å². The van der Waals surface area contributed by atoms with Crippen LogP contribution in [0.4, 0.5) is 11.4 Å². The quantitative estimate of drug-likeness (QED) is 0.377. The molecule has 2 N–H and O–H groups in total. The van der Waals surface area contributed by atoms with Crippen molar-refractivity contribution in [1.29, 1.82) is 0 Å². The number of para-hydroxylation sites is 2. The second-order valence-electron chi connectivity index (χ2n) is 10.1. The molecule has 1 aliphatic heterocycles. The lowest BCUT2D eigenvalue weighted by Crippen LogP contribution is -2.26. The average molecular weight is 499 g/mol. The summed E-state index contributed by atoms with van der Waals surface area (Å²) in [6.45, 7) is 4.93. The normalized spacial score (nSPS) is 18.8. The Hall–Kier alpha value is -3.93. The summed E-state index contributed by atoms with van der Waals surface area (Å²) in [5.74, 6) is 2.82. The molecule has 0 fully saturated rings. The lowest BCUT2D eigenvalue weighted by atomic mass is 9.78. The maximum Gasteiger partial charge on any atom is 0.163 e. The maximum atomic E-state index is 13.8. The molecule has 6 heteroatoms. The molecule has 2 unspecified atom stereocenters. The van der Waals surface area contributed by atoms with Gasteiger partial charge in [0, 0.05) is 17.7 Å². The molecule has 37 heavy (non-hydrogen) atoms. The number of Topliss-reactive ketones (excluding diaryl/α,β-unsaturated/α-hetero) is 1. The van der Waals surface area contributed by atoms with E-state index in [1.165, 1.54) is 0 Å². The fourth-order valence-electron chi connectivity index (χ4n) is 5.10. The predicted octanol–water partition coefficient (Wildman–Crippen LogP) is 6.72. The number of fused-ring (bicyclic) bond motifs is 1. The molecule has 3 aromatic carbocycles. The van der Waals surface area contributed by atoms with E-state index in [9.17, 15) is 4.79 Å². The first-order chi connectivity index (χ1) is 18.0. The minimum atomic E-state index is -0.260. The Kier molecular flexibility index (Phi) is 7.08. The molecule has 2 aliphatic rings. The van der Waals surface area contributed by atoms with Crippen molar-refractivity contribution in [3.05, 3.63) is 89.1 Å². The van der Waals surface area contributed by atoms with Gasteiger partial charge in [0.15, 0.2) is 17.3 Å². The number of methoxy groups -OCH3 is 2. The van der Waals surface area contributed by atoms with E-state index >= 15 is 0 Å². The van der Waals surface area contributed by atoms with Gasteiger partial charge in [-0.3, -0.25) is 4.79 Å². The number of carbonyl (C=O) groups excluding carboxylic acids is 1. The topological polar surface area (TPSA) is 68.8 Å². The largest absolute Gasteiger partial charge is 0.493 e. The van der Waals surface area contributed by atoms with E-state index in [1.54, 1.807) is 14.2 Å². The molecular formula is C31H34N2O4. The van der Waals surface area contributed by atoms with Crippen molar-refractivity contribution < 1.29 is 19.0 Å². The highest BCUT2D eigenvalue weighted by molar-refractivity contribution is 6.01. The Balaban J connectivity index is 1.51. The van der Waals surface area contributed by atoms with Gasteiger partial charge in [-0.05, 0) is 65.8 Å². The van der Waals surface area contributed by atoms with Crippen molar-refractivity contribution in [3.63, 3.8) is 0 Å². The number of hydrogen-bond acceptors (Lipinski definition) is 6. The Labute approximate surface area is 218 Å². The van der Waals surface area contributed by atoms with Gasteiger partial charge in [-0.15, -0.1) is 0 Å². The third-order valence-electron chi connectivity index (χ3n) is 6.98. The van der Waals surface area contributed by atoms with Gasteiger partial charge < -0.3 is 24.8 Å². The van der Waals surface area contributed by atoms with Gasteiger partial charge in [0.25, 0.3) is 0 Å². The van der Waals surface area contributed by atoms with Crippen LogP contribution in [0.5, 0.6) is 17.2 Å². The van der Waals surface area contributed by atoms with Gasteiger partial charge in [0.2, 0.25) is 0 Å². The number of allylic oxidation sites excluding steroid dienone is 1. The van der Waals surface area contributed by atoms with Crippen molar-refractivity contribution >= 4 is 17.2 Å². The zero-order valence-corrected chi connectivity index (χ0v) is 21.8. The van der Waals surface area contributed by atoms with Crippen molar-refractivity contribution in [3.8, 4) is 17.2 Å². The highest BCUT2D eigenvalue weighted by Crippen LogP contribution is 2.45. The number of carbonyl (C=O) groups is 1. The van der Waals surface area contributed by atoms with Crippen LogP contribution in [0.2, 0.25) is 0 Å². The number of hydrogen-bond donors (Lipinski definition) is 2.